The fourth-order valence-corrected chi connectivity index (χ4v) is 1.91. The molecule has 0 aliphatic heterocycles. The first-order valence-electron chi connectivity index (χ1n) is 6.65. The number of hydrogen-bond acceptors (Lipinski definition) is 2. The largest absolute Gasteiger partial charge is 0.497 e. The van der Waals surface area contributed by atoms with Gasteiger partial charge in [-0.3, -0.25) is 0 Å². The van der Waals surface area contributed by atoms with Gasteiger partial charge in [0.15, 0.2) is 0 Å². The number of allylic oxidation sites excluding steroid dienone is 1. The minimum Gasteiger partial charge on any atom is -0.497 e. The topological polar surface area (TPSA) is 27.1 Å². The summed E-state index contributed by atoms with van der Waals surface area (Å²) in [7, 11) is 1.69. The van der Waals surface area contributed by atoms with E-state index in [1.807, 2.05) is 30.9 Å². The molecule has 0 saturated carbocycles. The number of aryl methyl sites for hydroxylation is 1. The van der Waals surface area contributed by atoms with Crippen molar-refractivity contribution in [1.29, 1.82) is 0 Å². The summed E-state index contributed by atoms with van der Waals surface area (Å²) in [6.07, 6.45) is 13.6. The van der Waals surface area contributed by atoms with Gasteiger partial charge in [0, 0.05) is 18.9 Å². The third kappa shape index (κ3) is 4.62. The molecule has 0 spiro atoms. The summed E-state index contributed by atoms with van der Waals surface area (Å²) in [4.78, 5) is 4.03. The third-order valence-corrected chi connectivity index (χ3v) is 3.02. The average molecular weight is 256 g/mol. The molecule has 0 saturated heterocycles. The predicted molar refractivity (Wildman–Crippen MR) is 78.1 cm³/mol. The Bertz CT molecular complexity index is 486. The molecule has 0 bridgehead atoms. The number of imidazole rings is 1. The normalized spacial score (nSPS) is 11.0. The number of nitrogens with zero attached hydrogens (tertiary/aromatic N) is 2. The lowest BCUT2D eigenvalue weighted by Crippen LogP contribution is -1.93. The Labute approximate surface area is 114 Å². The van der Waals surface area contributed by atoms with Crippen LogP contribution in [0, 0.1) is 0 Å². The van der Waals surface area contributed by atoms with E-state index in [0.717, 1.165) is 18.7 Å². The minimum atomic E-state index is 0.900. The van der Waals surface area contributed by atoms with Crippen LogP contribution in [0.25, 0.3) is 6.08 Å². The van der Waals surface area contributed by atoms with Gasteiger partial charge in [0.1, 0.15) is 5.75 Å². The summed E-state index contributed by atoms with van der Waals surface area (Å²) < 4.78 is 7.25. The van der Waals surface area contributed by atoms with Crippen LogP contribution in [0.2, 0.25) is 0 Å². The molecule has 0 unspecified atom stereocenters. The maximum absolute atomic E-state index is 5.13. The highest BCUT2D eigenvalue weighted by Gasteiger charge is 1.91. The molecule has 100 valence electrons. The van der Waals surface area contributed by atoms with Crippen LogP contribution in [0.15, 0.2) is 49.1 Å². The highest BCUT2D eigenvalue weighted by atomic mass is 16.5. The SMILES string of the molecule is COc1ccc(/C=C/CCCCn2ccnc2)cc1. The lowest BCUT2D eigenvalue weighted by molar-refractivity contribution is 0.415. The molecule has 19 heavy (non-hydrogen) atoms. The number of benzene rings is 1. The van der Waals surface area contributed by atoms with E-state index in [2.05, 4.69) is 33.8 Å². The Balaban J connectivity index is 1.65. The van der Waals surface area contributed by atoms with Crippen molar-refractivity contribution in [2.24, 2.45) is 0 Å². The van der Waals surface area contributed by atoms with Crippen LogP contribution >= 0.6 is 0 Å². The van der Waals surface area contributed by atoms with E-state index < -0.39 is 0 Å². The van der Waals surface area contributed by atoms with Crippen molar-refractivity contribution in [3.8, 4) is 5.75 Å². The van der Waals surface area contributed by atoms with Crippen LogP contribution in [0.4, 0.5) is 0 Å². The van der Waals surface area contributed by atoms with Gasteiger partial charge in [-0.25, -0.2) is 4.98 Å². The molecule has 0 aliphatic rings. The molecule has 1 aromatic heterocycles. The number of hydrogen-bond donors (Lipinski definition) is 0. The summed E-state index contributed by atoms with van der Waals surface area (Å²) in [5, 5.41) is 0. The molecule has 0 amide bonds. The molecule has 2 aromatic rings. The van der Waals surface area contributed by atoms with E-state index in [1.54, 1.807) is 7.11 Å². The van der Waals surface area contributed by atoms with Crippen molar-refractivity contribution in [3.63, 3.8) is 0 Å². The Kier molecular flexibility index (Phi) is 5.23. The number of methoxy groups -OCH3 is 1. The van der Waals surface area contributed by atoms with Crippen molar-refractivity contribution in [3.05, 3.63) is 54.6 Å². The van der Waals surface area contributed by atoms with E-state index in [0.29, 0.717) is 0 Å². The summed E-state index contributed by atoms with van der Waals surface area (Å²) in [6.45, 7) is 1.05. The van der Waals surface area contributed by atoms with Gasteiger partial charge < -0.3 is 9.30 Å². The smallest absolute Gasteiger partial charge is 0.118 e. The summed E-state index contributed by atoms with van der Waals surface area (Å²) in [5.41, 5.74) is 1.22. The van der Waals surface area contributed by atoms with Gasteiger partial charge in [0.2, 0.25) is 0 Å². The Morgan fingerprint density at radius 2 is 2.05 bits per heavy atom. The lowest BCUT2D eigenvalue weighted by Gasteiger charge is -2.00. The maximum atomic E-state index is 5.13. The predicted octanol–water partition coefficient (Wildman–Crippen LogP) is 3.78. The van der Waals surface area contributed by atoms with E-state index in [9.17, 15) is 0 Å². The van der Waals surface area contributed by atoms with Gasteiger partial charge in [-0.1, -0.05) is 24.3 Å². The number of aromatic nitrogens is 2. The molecule has 3 heteroatoms. The third-order valence-electron chi connectivity index (χ3n) is 3.02. The van der Waals surface area contributed by atoms with Gasteiger partial charge in [0.25, 0.3) is 0 Å². The van der Waals surface area contributed by atoms with Crippen LogP contribution in [0.3, 0.4) is 0 Å². The van der Waals surface area contributed by atoms with Crippen molar-refractivity contribution in [2.45, 2.75) is 25.8 Å². The van der Waals surface area contributed by atoms with Crippen molar-refractivity contribution >= 4 is 6.08 Å². The molecule has 0 fully saturated rings. The monoisotopic (exact) mass is 256 g/mol. The fourth-order valence-electron chi connectivity index (χ4n) is 1.91. The van der Waals surface area contributed by atoms with Gasteiger partial charge in [0.05, 0.1) is 13.4 Å². The van der Waals surface area contributed by atoms with Gasteiger partial charge >= 0.3 is 0 Å². The van der Waals surface area contributed by atoms with Gasteiger partial charge in [-0.05, 0) is 37.0 Å². The van der Waals surface area contributed by atoms with Crippen LogP contribution in [0.5, 0.6) is 5.75 Å². The molecule has 0 N–H and O–H groups in total. The van der Waals surface area contributed by atoms with Crippen LogP contribution in [0.1, 0.15) is 24.8 Å². The molecule has 0 radical (unpaired) electrons. The minimum absolute atomic E-state index is 0.900. The standard InChI is InChI=1S/C16H20N2O/c1-19-16-9-7-15(8-10-16)6-4-2-3-5-12-18-13-11-17-14-18/h4,6-11,13-14H,2-3,5,12H2,1H3/b6-4+. The summed E-state index contributed by atoms with van der Waals surface area (Å²) >= 11 is 0. The first kappa shape index (κ1) is 13.4. The molecule has 1 aromatic carbocycles. The fraction of sp³-hybridized carbons (Fsp3) is 0.312. The lowest BCUT2D eigenvalue weighted by atomic mass is 10.1. The van der Waals surface area contributed by atoms with E-state index in [-0.39, 0.29) is 0 Å². The molecule has 1 heterocycles. The van der Waals surface area contributed by atoms with Crippen LogP contribution < -0.4 is 4.74 Å². The molecular formula is C16H20N2O. The molecule has 0 atom stereocenters. The zero-order valence-electron chi connectivity index (χ0n) is 11.3. The second-order valence-electron chi connectivity index (χ2n) is 4.47. The average Bonchev–Trinajstić information content (AvgIpc) is 2.96. The number of rotatable bonds is 7. The van der Waals surface area contributed by atoms with Crippen molar-refractivity contribution < 1.29 is 4.74 Å². The molecule has 3 nitrogen and oxygen atoms in total. The second-order valence-corrected chi connectivity index (χ2v) is 4.47. The zero-order valence-corrected chi connectivity index (χ0v) is 11.3. The molecule has 2 rings (SSSR count). The van der Waals surface area contributed by atoms with Gasteiger partial charge in [-0.2, -0.15) is 0 Å². The number of ether oxygens (including phenoxy) is 1. The van der Waals surface area contributed by atoms with Gasteiger partial charge in [-0.15, -0.1) is 0 Å². The van der Waals surface area contributed by atoms with Crippen LogP contribution in [-0.4, -0.2) is 16.7 Å². The zero-order chi connectivity index (χ0) is 13.3. The first-order chi connectivity index (χ1) is 9.38. The molecular weight excluding hydrogens is 236 g/mol. The Morgan fingerprint density at radius 3 is 2.74 bits per heavy atom. The summed E-state index contributed by atoms with van der Waals surface area (Å²) in [6, 6.07) is 8.11. The highest BCUT2D eigenvalue weighted by Crippen LogP contribution is 2.12. The molecule has 0 aliphatic carbocycles. The number of unbranched alkanes of at least 4 members (excludes halogenated alkanes) is 2. The maximum Gasteiger partial charge on any atom is 0.118 e. The Morgan fingerprint density at radius 1 is 1.21 bits per heavy atom. The van der Waals surface area contributed by atoms with E-state index in [4.69, 9.17) is 4.74 Å². The van der Waals surface area contributed by atoms with E-state index in [1.165, 1.54) is 18.4 Å². The Hall–Kier alpha value is -2.03. The van der Waals surface area contributed by atoms with Crippen LogP contribution in [-0.2, 0) is 6.54 Å². The summed E-state index contributed by atoms with van der Waals surface area (Å²) in [5.74, 6) is 0.900. The van der Waals surface area contributed by atoms with E-state index >= 15 is 0 Å². The second kappa shape index (κ2) is 7.41. The van der Waals surface area contributed by atoms with Crippen molar-refractivity contribution in [1.82, 2.24) is 9.55 Å². The first-order valence-corrected chi connectivity index (χ1v) is 6.65. The highest BCUT2D eigenvalue weighted by molar-refractivity contribution is 5.50. The van der Waals surface area contributed by atoms with Crippen molar-refractivity contribution in [2.75, 3.05) is 7.11 Å². The quantitative estimate of drug-likeness (QED) is 0.705.